The molecule has 3 N–H and O–H groups in total. The van der Waals surface area contributed by atoms with Crippen molar-refractivity contribution >= 4 is 0 Å². The van der Waals surface area contributed by atoms with Crippen LogP contribution in [-0.4, -0.2) is 41.3 Å². The molecule has 2 aliphatic rings. The molecule has 1 saturated heterocycles. The van der Waals surface area contributed by atoms with Crippen LogP contribution in [0.5, 0.6) is 0 Å². The fourth-order valence-electron chi connectivity index (χ4n) is 3.28. The highest BCUT2D eigenvalue weighted by Gasteiger charge is 2.37. The predicted molar refractivity (Wildman–Crippen MR) is 66.1 cm³/mol. The van der Waals surface area contributed by atoms with Gasteiger partial charge < -0.3 is 10.8 Å². The maximum Gasteiger partial charge on any atom is 0.0578 e. The number of rotatable bonds is 3. The van der Waals surface area contributed by atoms with Gasteiger partial charge in [0.25, 0.3) is 0 Å². The normalized spacial score (nSPS) is 42.8. The quantitative estimate of drug-likeness (QED) is 0.760. The number of hydrogen-bond acceptors (Lipinski definition) is 3. The van der Waals surface area contributed by atoms with E-state index in [0.717, 1.165) is 37.9 Å². The third-order valence-electron chi connectivity index (χ3n) is 4.37. The summed E-state index contributed by atoms with van der Waals surface area (Å²) in [5.74, 6) is 1.28. The average Bonchev–Trinajstić information content (AvgIpc) is 2.22. The van der Waals surface area contributed by atoms with E-state index in [-0.39, 0.29) is 12.1 Å². The Morgan fingerprint density at radius 1 is 1.31 bits per heavy atom. The lowest BCUT2D eigenvalue weighted by atomic mass is 9.78. The molecule has 0 aromatic heterocycles. The van der Waals surface area contributed by atoms with E-state index < -0.39 is 0 Å². The molecule has 2 rings (SSSR count). The number of hydrogen-bond donors (Lipinski definition) is 2. The summed E-state index contributed by atoms with van der Waals surface area (Å²) in [6, 6.07) is 1.00. The van der Waals surface area contributed by atoms with Crippen LogP contribution in [0.4, 0.5) is 0 Å². The first-order valence-electron chi connectivity index (χ1n) is 6.77. The summed E-state index contributed by atoms with van der Waals surface area (Å²) in [5, 5.41) is 9.96. The molecule has 1 saturated carbocycles. The van der Waals surface area contributed by atoms with Crippen LogP contribution in [0.3, 0.4) is 0 Å². The Morgan fingerprint density at radius 3 is 2.56 bits per heavy atom. The Kier molecular flexibility index (Phi) is 3.88. The smallest absolute Gasteiger partial charge is 0.0578 e. The van der Waals surface area contributed by atoms with Crippen LogP contribution in [-0.2, 0) is 0 Å². The van der Waals surface area contributed by atoms with Crippen molar-refractivity contribution in [2.75, 3.05) is 13.1 Å². The second kappa shape index (κ2) is 5.03. The molecule has 0 radical (unpaired) electrons. The van der Waals surface area contributed by atoms with Crippen LogP contribution in [0.25, 0.3) is 0 Å². The lowest BCUT2D eigenvalue weighted by Crippen LogP contribution is -2.56. The van der Waals surface area contributed by atoms with Gasteiger partial charge in [0.15, 0.2) is 0 Å². The number of piperidine rings is 1. The zero-order chi connectivity index (χ0) is 11.7. The molecule has 3 heteroatoms. The van der Waals surface area contributed by atoms with Crippen molar-refractivity contribution in [1.82, 2.24) is 4.90 Å². The van der Waals surface area contributed by atoms with Gasteiger partial charge in [-0.15, -0.1) is 0 Å². The summed E-state index contributed by atoms with van der Waals surface area (Å²) in [5.41, 5.74) is 6.11. The summed E-state index contributed by atoms with van der Waals surface area (Å²) in [6.07, 6.45) is 4.33. The molecule has 16 heavy (non-hydrogen) atoms. The fraction of sp³-hybridized carbons (Fsp3) is 1.00. The molecule has 0 bridgehead atoms. The molecule has 94 valence electrons. The highest BCUT2D eigenvalue weighted by molar-refractivity contribution is 4.92. The fourth-order valence-corrected chi connectivity index (χ4v) is 3.28. The third-order valence-corrected chi connectivity index (χ3v) is 4.37. The Morgan fingerprint density at radius 2 is 2.00 bits per heavy atom. The van der Waals surface area contributed by atoms with E-state index in [1.54, 1.807) is 0 Å². The topological polar surface area (TPSA) is 49.5 Å². The molecule has 0 spiro atoms. The molecule has 1 aliphatic heterocycles. The van der Waals surface area contributed by atoms with Crippen LogP contribution in [0.15, 0.2) is 0 Å². The highest BCUT2D eigenvalue weighted by atomic mass is 16.3. The summed E-state index contributed by atoms with van der Waals surface area (Å²) in [4.78, 5) is 2.53. The van der Waals surface area contributed by atoms with Gasteiger partial charge in [-0.1, -0.05) is 13.8 Å². The largest absolute Gasteiger partial charge is 0.393 e. The number of nitrogens with two attached hydrogens (primary N) is 1. The molecule has 1 heterocycles. The Balaban J connectivity index is 1.89. The molecule has 3 unspecified atom stereocenters. The number of aliphatic hydroxyl groups excluding tert-OH is 1. The van der Waals surface area contributed by atoms with E-state index in [0.29, 0.717) is 5.92 Å². The number of likely N-dealkylation sites (tertiary alicyclic amines) is 1. The second-order valence-corrected chi connectivity index (χ2v) is 5.92. The molecule has 3 atom stereocenters. The minimum Gasteiger partial charge on any atom is -0.393 e. The monoisotopic (exact) mass is 226 g/mol. The molecule has 1 aliphatic carbocycles. The van der Waals surface area contributed by atoms with Gasteiger partial charge in [0.2, 0.25) is 0 Å². The van der Waals surface area contributed by atoms with E-state index in [1.807, 2.05) is 0 Å². The van der Waals surface area contributed by atoms with Gasteiger partial charge >= 0.3 is 0 Å². The van der Waals surface area contributed by atoms with Crippen molar-refractivity contribution in [3.8, 4) is 0 Å². The van der Waals surface area contributed by atoms with Gasteiger partial charge in [-0.2, -0.15) is 0 Å². The lowest BCUT2D eigenvalue weighted by molar-refractivity contribution is -0.00402. The summed E-state index contributed by atoms with van der Waals surface area (Å²) in [6.45, 7) is 6.46. The van der Waals surface area contributed by atoms with Crippen LogP contribution >= 0.6 is 0 Å². The number of nitrogens with zero attached hydrogens (tertiary/aromatic N) is 1. The SMILES string of the molecule is CCC(O)C1CC(N)CN(C2CC(C)C2)C1. The van der Waals surface area contributed by atoms with Crippen molar-refractivity contribution in [2.24, 2.45) is 17.6 Å². The highest BCUT2D eigenvalue weighted by Crippen LogP contribution is 2.34. The van der Waals surface area contributed by atoms with E-state index >= 15 is 0 Å². The number of aliphatic hydroxyl groups is 1. The zero-order valence-electron chi connectivity index (χ0n) is 10.6. The lowest BCUT2D eigenvalue weighted by Gasteiger charge is -2.47. The van der Waals surface area contributed by atoms with Crippen LogP contribution in [0.1, 0.15) is 39.5 Å². The summed E-state index contributed by atoms with van der Waals surface area (Å²) >= 11 is 0. The second-order valence-electron chi connectivity index (χ2n) is 5.92. The standard InChI is InChI=1S/C13H26N2O/c1-3-13(16)10-6-11(14)8-15(7-10)12-4-9(2)5-12/h9-13,16H,3-8,14H2,1-2H3. The molecular weight excluding hydrogens is 200 g/mol. The minimum atomic E-state index is -0.161. The van der Waals surface area contributed by atoms with Crippen molar-refractivity contribution in [2.45, 2.75) is 57.7 Å². The van der Waals surface area contributed by atoms with Crippen molar-refractivity contribution < 1.29 is 5.11 Å². The predicted octanol–water partition coefficient (Wildman–Crippen LogP) is 1.20. The zero-order valence-corrected chi connectivity index (χ0v) is 10.6. The Labute approximate surface area is 99.0 Å². The first-order valence-corrected chi connectivity index (χ1v) is 6.77. The average molecular weight is 226 g/mol. The first-order chi connectivity index (χ1) is 7.60. The van der Waals surface area contributed by atoms with Gasteiger partial charge in [-0.05, 0) is 37.5 Å². The van der Waals surface area contributed by atoms with Crippen LogP contribution in [0, 0.1) is 11.8 Å². The molecule has 3 nitrogen and oxygen atoms in total. The first kappa shape index (κ1) is 12.3. The van der Waals surface area contributed by atoms with Crippen molar-refractivity contribution in [1.29, 1.82) is 0 Å². The van der Waals surface area contributed by atoms with Gasteiger partial charge in [0.1, 0.15) is 0 Å². The van der Waals surface area contributed by atoms with E-state index in [2.05, 4.69) is 18.7 Å². The maximum atomic E-state index is 9.96. The molecule has 0 aromatic carbocycles. The molecule has 2 fully saturated rings. The van der Waals surface area contributed by atoms with Gasteiger partial charge in [0.05, 0.1) is 6.10 Å². The van der Waals surface area contributed by atoms with Crippen molar-refractivity contribution in [3.05, 3.63) is 0 Å². The minimum absolute atomic E-state index is 0.161. The van der Waals surface area contributed by atoms with Crippen molar-refractivity contribution in [3.63, 3.8) is 0 Å². The van der Waals surface area contributed by atoms with E-state index in [9.17, 15) is 5.11 Å². The summed E-state index contributed by atoms with van der Waals surface area (Å²) < 4.78 is 0. The van der Waals surface area contributed by atoms with Gasteiger partial charge in [0, 0.05) is 25.2 Å². The molecular formula is C13H26N2O. The summed E-state index contributed by atoms with van der Waals surface area (Å²) in [7, 11) is 0. The van der Waals surface area contributed by atoms with Gasteiger partial charge in [-0.25, -0.2) is 0 Å². The van der Waals surface area contributed by atoms with Crippen LogP contribution < -0.4 is 5.73 Å². The molecule has 0 amide bonds. The molecule has 0 aromatic rings. The third kappa shape index (κ3) is 2.58. The van der Waals surface area contributed by atoms with Gasteiger partial charge in [-0.3, -0.25) is 4.90 Å². The Bertz CT molecular complexity index is 228. The van der Waals surface area contributed by atoms with Crippen LogP contribution in [0.2, 0.25) is 0 Å². The Hall–Kier alpha value is -0.120. The van der Waals surface area contributed by atoms with E-state index in [1.165, 1.54) is 12.8 Å². The maximum absolute atomic E-state index is 9.96. The van der Waals surface area contributed by atoms with E-state index in [4.69, 9.17) is 5.73 Å².